The SMILES string of the molecule is CCOC(=O)C1=C(COC(=O)c2cccc(N(C)C)c2)NC(=O)N[C@@H]1c1ccccc1. The highest BCUT2D eigenvalue weighted by Crippen LogP contribution is 2.28. The molecule has 2 aromatic carbocycles. The van der Waals surface area contributed by atoms with Crippen LogP contribution in [-0.4, -0.2) is 45.3 Å². The first-order valence-electron chi connectivity index (χ1n) is 9.87. The number of urea groups is 1. The smallest absolute Gasteiger partial charge is 0.338 e. The van der Waals surface area contributed by atoms with Gasteiger partial charge < -0.3 is 25.0 Å². The standard InChI is InChI=1S/C23H25N3O5/c1-4-30-22(28)19-18(24-23(29)25-20(19)15-9-6-5-7-10-15)14-31-21(27)16-11-8-12-17(13-16)26(2)3/h5-13,20H,4,14H2,1-3H3,(H2,24,25,29)/t20-/m1/s1. The molecule has 0 saturated heterocycles. The number of esters is 2. The number of nitrogens with one attached hydrogen (secondary N) is 2. The van der Waals surface area contributed by atoms with E-state index in [1.165, 1.54) is 0 Å². The Kier molecular flexibility index (Phi) is 6.92. The lowest BCUT2D eigenvalue weighted by atomic mass is 9.95. The third kappa shape index (κ3) is 5.22. The van der Waals surface area contributed by atoms with E-state index >= 15 is 0 Å². The molecule has 2 aromatic rings. The summed E-state index contributed by atoms with van der Waals surface area (Å²) in [5.41, 5.74) is 2.31. The highest BCUT2D eigenvalue weighted by Gasteiger charge is 2.34. The molecule has 8 heteroatoms. The second-order valence-electron chi connectivity index (χ2n) is 7.08. The topological polar surface area (TPSA) is 97.0 Å². The lowest BCUT2D eigenvalue weighted by molar-refractivity contribution is -0.139. The highest BCUT2D eigenvalue weighted by atomic mass is 16.5. The molecule has 162 valence electrons. The predicted octanol–water partition coefficient (Wildman–Crippen LogP) is 2.78. The summed E-state index contributed by atoms with van der Waals surface area (Å²) in [5, 5.41) is 5.32. The van der Waals surface area contributed by atoms with Gasteiger partial charge in [0, 0.05) is 19.8 Å². The van der Waals surface area contributed by atoms with E-state index in [2.05, 4.69) is 10.6 Å². The molecule has 0 aromatic heterocycles. The van der Waals surface area contributed by atoms with Crippen LogP contribution in [0.2, 0.25) is 0 Å². The summed E-state index contributed by atoms with van der Waals surface area (Å²) in [4.78, 5) is 39.4. The molecular formula is C23H25N3O5. The van der Waals surface area contributed by atoms with Gasteiger partial charge in [0.15, 0.2) is 0 Å². The zero-order valence-corrected chi connectivity index (χ0v) is 17.7. The van der Waals surface area contributed by atoms with Crippen LogP contribution in [0.1, 0.15) is 28.9 Å². The number of amides is 2. The Morgan fingerprint density at radius 3 is 2.42 bits per heavy atom. The van der Waals surface area contributed by atoms with Gasteiger partial charge in [0.05, 0.1) is 29.5 Å². The van der Waals surface area contributed by atoms with Crippen molar-refractivity contribution in [2.75, 3.05) is 32.2 Å². The van der Waals surface area contributed by atoms with Gasteiger partial charge in [-0.05, 0) is 30.7 Å². The summed E-state index contributed by atoms with van der Waals surface area (Å²) in [6.45, 7) is 1.58. The Bertz CT molecular complexity index is 1000. The zero-order valence-electron chi connectivity index (χ0n) is 17.7. The normalized spacial score (nSPS) is 15.6. The first-order chi connectivity index (χ1) is 14.9. The van der Waals surface area contributed by atoms with Gasteiger partial charge in [0.1, 0.15) is 6.61 Å². The average Bonchev–Trinajstić information content (AvgIpc) is 2.77. The van der Waals surface area contributed by atoms with Gasteiger partial charge >= 0.3 is 18.0 Å². The van der Waals surface area contributed by atoms with Gasteiger partial charge in [-0.15, -0.1) is 0 Å². The second-order valence-corrected chi connectivity index (χ2v) is 7.08. The predicted molar refractivity (Wildman–Crippen MR) is 116 cm³/mol. The Morgan fingerprint density at radius 1 is 1.00 bits per heavy atom. The largest absolute Gasteiger partial charge is 0.463 e. The lowest BCUT2D eigenvalue weighted by Gasteiger charge is -2.29. The van der Waals surface area contributed by atoms with E-state index in [4.69, 9.17) is 9.47 Å². The van der Waals surface area contributed by atoms with Gasteiger partial charge in [-0.1, -0.05) is 36.4 Å². The third-order valence-corrected chi connectivity index (χ3v) is 4.73. The molecule has 3 rings (SSSR count). The maximum atomic E-state index is 12.7. The molecular weight excluding hydrogens is 398 g/mol. The van der Waals surface area contributed by atoms with Gasteiger partial charge in [0.2, 0.25) is 0 Å². The Labute approximate surface area is 180 Å². The molecule has 0 unspecified atom stereocenters. The molecule has 1 heterocycles. The highest BCUT2D eigenvalue weighted by molar-refractivity contribution is 5.95. The fraction of sp³-hybridized carbons (Fsp3) is 0.261. The number of hydrogen-bond donors (Lipinski definition) is 2. The monoisotopic (exact) mass is 423 g/mol. The number of ether oxygens (including phenoxy) is 2. The Balaban J connectivity index is 1.89. The van der Waals surface area contributed by atoms with Crippen molar-refractivity contribution in [1.82, 2.24) is 10.6 Å². The van der Waals surface area contributed by atoms with Crippen LogP contribution >= 0.6 is 0 Å². The van der Waals surface area contributed by atoms with E-state index in [0.717, 1.165) is 5.69 Å². The summed E-state index contributed by atoms with van der Waals surface area (Å²) < 4.78 is 10.6. The van der Waals surface area contributed by atoms with Crippen LogP contribution in [0.25, 0.3) is 0 Å². The maximum absolute atomic E-state index is 12.7. The molecule has 0 radical (unpaired) electrons. The minimum atomic E-state index is -0.722. The summed E-state index contributed by atoms with van der Waals surface area (Å²) in [6.07, 6.45) is 0. The van der Waals surface area contributed by atoms with Crippen molar-refractivity contribution >= 4 is 23.7 Å². The molecule has 0 fully saturated rings. The van der Waals surface area contributed by atoms with Crippen LogP contribution < -0.4 is 15.5 Å². The molecule has 31 heavy (non-hydrogen) atoms. The summed E-state index contributed by atoms with van der Waals surface area (Å²) in [7, 11) is 3.74. The summed E-state index contributed by atoms with van der Waals surface area (Å²) in [5.74, 6) is -1.16. The van der Waals surface area contributed by atoms with E-state index < -0.39 is 24.0 Å². The second kappa shape index (κ2) is 9.80. The number of carbonyl (C=O) groups is 3. The van der Waals surface area contributed by atoms with Crippen molar-refractivity contribution in [1.29, 1.82) is 0 Å². The zero-order chi connectivity index (χ0) is 22.4. The van der Waals surface area contributed by atoms with Crippen molar-refractivity contribution < 1.29 is 23.9 Å². The van der Waals surface area contributed by atoms with Crippen molar-refractivity contribution in [2.24, 2.45) is 0 Å². The fourth-order valence-electron chi connectivity index (χ4n) is 3.21. The van der Waals surface area contributed by atoms with Gasteiger partial charge in [-0.3, -0.25) is 0 Å². The number of hydrogen-bond acceptors (Lipinski definition) is 6. The number of benzene rings is 2. The van der Waals surface area contributed by atoms with Crippen LogP contribution in [0.15, 0.2) is 65.9 Å². The molecule has 0 spiro atoms. The minimum Gasteiger partial charge on any atom is -0.463 e. The number of carbonyl (C=O) groups excluding carboxylic acids is 3. The van der Waals surface area contributed by atoms with Crippen LogP contribution in [0.5, 0.6) is 0 Å². The van der Waals surface area contributed by atoms with Crippen molar-refractivity contribution in [2.45, 2.75) is 13.0 Å². The van der Waals surface area contributed by atoms with Crippen LogP contribution in [-0.2, 0) is 14.3 Å². The Morgan fingerprint density at radius 2 is 1.74 bits per heavy atom. The lowest BCUT2D eigenvalue weighted by Crippen LogP contribution is -2.47. The number of rotatable bonds is 7. The van der Waals surface area contributed by atoms with E-state index in [1.54, 1.807) is 37.3 Å². The molecule has 0 bridgehead atoms. The van der Waals surface area contributed by atoms with Crippen LogP contribution in [0.3, 0.4) is 0 Å². The van der Waals surface area contributed by atoms with E-state index in [9.17, 15) is 14.4 Å². The molecule has 2 amide bonds. The van der Waals surface area contributed by atoms with Crippen LogP contribution in [0, 0.1) is 0 Å². The fourth-order valence-corrected chi connectivity index (χ4v) is 3.21. The van der Waals surface area contributed by atoms with Crippen LogP contribution in [0.4, 0.5) is 10.5 Å². The first kappa shape index (κ1) is 21.9. The number of nitrogens with zero attached hydrogens (tertiary/aromatic N) is 1. The summed E-state index contributed by atoms with van der Waals surface area (Å²) in [6, 6.07) is 14.8. The van der Waals surface area contributed by atoms with E-state index in [1.807, 2.05) is 43.3 Å². The van der Waals surface area contributed by atoms with Crippen molar-refractivity contribution in [3.05, 3.63) is 77.0 Å². The summed E-state index contributed by atoms with van der Waals surface area (Å²) >= 11 is 0. The Hall–Kier alpha value is -3.81. The maximum Gasteiger partial charge on any atom is 0.338 e. The molecule has 0 aliphatic carbocycles. The van der Waals surface area contributed by atoms with Gasteiger partial charge in [0.25, 0.3) is 0 Å². The first-order valence-corrected chi connectivity index (χ1v) is 9.87. The van der Waals surface area contributed by atoms with E-state index in [0.29, 0.717) is 11.1 Å². The van der Waals surface area contributed by atoms with Gasteiger partial charge in [-0.2, -0.15) is 0 Å². The molecule has 1 aliphatic rings. The number of anilines is 1. The molecule has 8 nitrogen and oxygen atoms in total. The molecule has 1 aliphatic heterocycles. The quantitative estimate of drug-likeness (QED) is 0.665. The van der Waals surface area contributed by atoms with E-state index in [-0.39, 0.29) is 24.5 Å². The molecule has 0 saturated carbocycles. The minimum absolute atomic E-state index is 0.169. The third-order valence-electron chi connectivity index (χ3n) is 4.73. The van der Waals surface area contributed by atoms with Gasteiger partial charge in [-0.25, -0.2) is 14.4 Å². The molecule has 1 atom stereocenters. The molecule has 2 N–H and O–H groups in total. The van der Waals surface area contributed by atoms with Crippen molar-refractivity contribution in [3.8, 4) is 0 Å². The average molecular weight is 423 g/mol. The van der Waals surface area contributed by atoms with Crippen molar-refractivity contribution in [3.63, 3.8) is 0 Å².